The summed E-state index contributed by atoms with van der Waals surface area (Å²) in [7, 11) is 0. The fraction of sp³-hybridized carbons (Fsp3) is 0.905. The van der Waals surface area contributed by atoms with E-state index in [1.54, 1.807) is 6.08 Å². The van der Waals surface area contributed by atoms with Crippen molar-refractivity contribution in [2.24, 2.45) is 0 Å². The number of carboxylic acid groups (broad SMARTS) is 2. The molecule has 0 aromatic heterocycles. The molecule has 4 amide bonds. The Morgan fingerprint density at radius 1 is 0.426 bits per heavy atom. The van der Waals surface area contributed by atoms with Gasteiger partial charge in [-0.15, -0.1) is 0 Å². The van der Waals surface area contributed by atoms with E-state index in [-0.39, 0.29) is 65.5 Å². The largest absolute Gasteiger partial charge is 1.00 e. The number of rotatable bonds is 59. The van der Waals surface area contributed by atoms with Gasteiger partial charge in [0.2, 0.25) is 35.2 Å². The molecular formula is C84H146N4Na2O39. The minimum absolute atomic E-state index is 0. The molecule has 0 aromatic rings. The predicted molar refractivity (Wildman–Crippen MR) is 435 cm³/mol. The van der Waals surface area contributed by atoms with E-state index >= 15 is 0 Å². The molecule has 43 nitrogen and oxygen atoms in total. The summed E-state index contributed by atoms with van der Waals surface area (Å²) in [5, 5.41) is 252. The van der Waals surface area contributed by atoms with E-state index in [4.69, 9.17) is 56.8 Å². The molecule has 0 saturated carbocycles. The Balaban J connectivity index is 0.0000174. The summed E-state index contributed by atoms with van der Waals surface area (Å²) in [6, 6.07) is -7.50. The summed E-state index contributed by atoms with van der Waals surface area (Å²) in [4.78, 5) is 81.4. The second-order valence-electron chi connectivity index (χ2n) is 34.2. The van der Waals surface area contributed by atoms with Crippen molar-refractivity contribution in [3.05, 3.63) is 12.2 Å². The number of carboxylic acids is 2. The Bertz CT molecular complexity index is 3210. The van der Waals surface area contributed by atoms with Gasteiger partial charge in [0.15, 0.2) is 25.2 Å². The second kappa shape index (κ2) is 60.9. The van der Waals surface area contributed by atoms with Crippen molar-refractivity contribution in [2.45, 2.75) is 435 Å². The van der Waals surface area contributed by atoms with Crippen LogP contribution in [0.4, 0.5) is 0 Å². The molecule has 45 heteroatoms. The van der Waals surface area contributed by atoms with E-state index in [2.05, 4.69) is 35.1 Å². The molecule has 6 saturated heterocycles. The number of aliphatic hydroxyl groups excluding tert-OH is 19. The van der Waals surface area contributed by atoms with Gasteiger partial charge in [0.05, 0.1) is 82.7 Å². The maximum absolute atomic E-state index is 14.6. The van der Waals surface area contributed by atoms with Crippen LogP contribution in [0.1, 0.15) is 227 Å². The van der Waals surface area contributed by atoms with Crippen LogP contribution in [-0.2, 0) is 85.6 Å². The van der Waals surface area contributed by atoms with Crippen LogP contribution in [0.5, 0.6) is 0 Å². The van der Waals surface area contributed by atoms with E-state index in [1.165, 1.54) is 96.0 Å². The first kappa shape index (κ1) is 119. The Hall–Kier alpha value is -2.68. The van der Waals surface area contributed by atoms with E-state index in [9.17, 15) is 136 Å². The van der Waals surface area contributed by atoms with Crippen molar-refractivity contribution in [3.8, 4) is 0 Å². The average molecular weight is 1880 g/mol. The third kappa shape index (κ3) is 35.3. The number of amides is 4. The molecule has 0 spiro atoms. The second-order valence-corrected chi connectivity index (χ2v) is 34.2. The first-order valence-corrected chi connectivity index (χ1v) is 45.2. The summed E-state index contributed by atoms with van der Waals surface area (Å²) < 4.78 is 72.6. The summed E-state index contributed by atoms with van der Waals surface area (Å²) in [6.07, 6.45) is -34.4. The number of hydrogen-bond donors (Lipinski definition) is 23. The normalized spacial score (nSPS) is 34.6. The van der Waals surface area contributed by atoms with Gasteiger partial charge in [-0.05, 0) is 19.3 Å². The molecule has 0 aliphatic carbocycles. The van der Waals surface area contributed by atoms with E-state index in [1.807, 2.05) is 0 Å². The number of carbonyl (C=O) groups is 6. The number of ether oxygens (including phenoxy) is 12. The zero-order valence-electron chi connectivity index (χ0n) is 75.5. The molecule has 738 valence electrons. The predicted octanol–water partition coefficient (Wildman–Crippen LogP) is -12.5. The first-order valence-electron chi connectivity index (χ1n) is 45.2. The molecule has 0 radical (unpaired) electrons. The van der Waals surface area contributed by atoms with Crippen LogP contribution < -0.4 is 90.6 Å². The molecule has 6 fully saturated rings. The van der Waals surface area contributed by atoms with Gasteiger partial charge in [-0.1, -0.05) is 180 Å². The number of nitrogens with one attached hydrogen (secondary N) is 4. The van der Waals surface area contributed by atoms with Crippen LogP contribution in [0, 0.1) is 0 Å². The van der Waals surface area contributed by atoms with Crippen molar-refractivity contribution in [1.29, 1.82) is 0 Å². The van der Waals surface area contributed by atoms with Gasteiger partial charge in [-0.3, -0.25) is 19.2 Å². The maximum atomic E-state index is 14.6. The minimum Gasteiger partial charge on any atom is -0.544 e. The van der Waals surface area contributed by atoms with Gasteiger partial charge in [0.25, 0.3) is 0 Å². The van der Waals surface area contributed by atoms with Gasteiger partial charge >= 0.3 is 59.1 Å². The fourth-order valence-corrected chi connectivity index (χ4v) is 16.9. The summed E-state index contributed by atoms with van der Waals surface area (Å²) in [5.41, 5.74) is 0. The molecule has 0 bridgehead atoms. The van der Waals surface area contributed by atoms with Crippen LogP contribution >= 0.6 is 0 Å². The molecular weight excluding hydrogens is 1730 g/mol. The standard InChI is InChI=1S/C84H148N4O39.2Na/c1-6-8-10-12-14-16-18-20-21-23-25-27-29-31-33-35-58(102)88-48(49(98)34-32-30-28-26-24-22-19-17-15-13-11-9-7-2)44-116-78-69(110)67(108)71(56(42-93)119-78)121-80-70(111)76(72(57(43-94)120-80)122-77-61(87-47(5)97)73(65(106)55(41-92)117-77)123-79-68(109)66(107)64(105)54(40-91)118-79)127-84(82(114)115)37-53(60(86-46(4)96)75(126-84)63(104)52(101)39-90)124-83(81(112)113)36-50(99)59(85-45(3)95)74(125-83)62(103)51(100)38-89;;/h32,34,48-57,59-80,89-94,98-101,103-111H,6-31,33,35-44H2,1-5H3,(H,85,95)(H,86,96)(H,87,97)(H,88,102)(H,112,113)(H,114,115);;/q;2*+1/p-2/b34-32+;;/t48-,49+,50?,51?,52?,53?,54?,55?,56?,57?,59?,60?,61?,62?,63?,64?,65?,66?,67?,68?,69?,70?,71?,72?,73?,74?,75?,76?,77?,78?,79?,80?,83?,84?;;/m1../s1. The summed E-state index contributed by atoms with van der Waals surface area (Å²) in [6.45, 7) is -1.21. The number of hydrogen-bond acceptors (Lipinski definition) is 39. The fourth-order valence-electron chi connectivity index (χ4n) is 16.9. The number of aliphatic carboxylic acids is 2. The number of unbranched alkanes of at least 4 members (excludes halogenated alkanes) is 25. The molecule has 129 heavy (non-hydrogen) atoms. The summed E-state index contributed by atoms with van der Waals surface area (Å²) in [5.74, 6) is -16.4. The molecule has 6 heterocycles. The third-order valence-corrected chi connectivity index (χ3v) is 24.1. The van der Waals surface area contributed by atoms with Crippen LogP contribution in [0.15, 0.2) is 12.2 Å². The van der Waals surface area contributed by atoms with Gasteiger partial charge < -0.3 is 195 Å². The van der Waals surface area contributed by atoms with Crippen LogP contribution in [0.3, 0.4) is 0 Å². The summed E-state index contributed by atoms with van der Waals surface area (Å²) >= 11 is 0. The van der Waals surface area contributed by atoms with Crippen LogP contribution in [0.25, 0.3) is 0 Å². The van der Waals surface area contributed by atoms with E-state index in [0.29, 0.717) is 12.8 Å². The van der Waals surface area contributed by atoms with Gasteiger partial charge in [-0.25, -0.2) is 0 Å². The Labute approximate surface area is 796 Å². The number of carbonyl (C=O) groups excluding carboxylic acids is 6. The van der Waals surface area contributed by atoms with Crippen molar-refractivity contribution in [1.82, 2.24) is 21.3 Å². The monoisotopic (exact) mass is 1880 g/mol. The molecule has 0 aromatic carbocycles. The van der Waals surface area contributed by atoms with Crippen molar-refractivity contribution in [2.75, 3.05) is 46.2 Å². The Kier molecular flexibility index (Phi) is 56.0. The quantitative estimate of drug-likeness (QED) is 0.0153. The molecule has 6 aliphatic rings. The maximum Gasteiger partial charge on any atom is 1.00 e. The SMILES string of the molecule is CCCCCCCCCCCCC/C=C/[C@H](O)[C@@H](COC1OC(CO)C(OC2OC(CO)C(OC3OC(CO)C(O)C(OC4OC(CO)C(O)C(O)C4O)C3NC(C)=O)C(OC3(C(=O)[O-])CC(OC4(C(=O)[O-])CC(O)C(NC(C)=O)C(C(O)C(O)CO)O4)C(NC(C)=O)C(C(O)C(O)CO)O3)C2O)C(O)C1O)NC(=O)CCCCCCCCCCCCCCCCC.[Na+].[Na+]. The van der Waals surface area contributed by atoms with Crippen molar-refractivity contribution < 1.29 is 252 Å². The zero-order valence-corrected chi connectivity index (χ0v) is 79.5. The molecule has 23 N–H and O–H groups in total. The van der Waals surface area contributed by atoms with Crippen LogP contribution in [-0.4, -0.2) is 386 Å². The Morgan fingerprint density at radius 3 is 1.30 bits per heavy atom. The third-order valence-electron chi connectivity index (χ3n) is 24.1. The number of aliphatic hydroxyl groups is 19. The molecule has 32 unspecified atom stereocenters. The minimum atomic E-state index is -3.95. The van der Waals surface area contributed by atoms with Crippen molar-refractivity contribution >= 4 is 35.6 Å². The molecule has 6 rings (SSSR count). The number of allylic oxidation sites excluding steroid dienone is 1. The topological polar surface area (TPSA) is 692 Å². The smallest absolute Gasteiger partial charge is 0.544 e. The first-order chi connectivity index (χ1) is 60.6. The average Bonchev–Trinajstić information content (AvgIpc) is 0.732. The molecule has 34 atom stereocenters. The van der Waals surface area contributed by atoms with Gasteiger partial charge in [0.1, 0.15) is 146 Å². The Morgan fingerprint density at radius 2 is 0.822 bits per heavy atom. The van der Waals surface area contributed by atoms with Crippen molar-refractivity contribution in [3.63, 3.8) is 0 Å². The van der Waals surface area contributed by atoms with E-state index in [0.717, 1.165) is 91.4 Å². The van der Waals surface area contributed by atoms with Crippen LogP contribution in [0.2, 0.25) is 0 Å². The van der Waals surface area contributed by atoms with E-state index < -0.39 is 302 Å². The van der Waals surface area contributed by atoms with Gasteiger partial charge in [-0.2, -0.15) is 0 Å². The zero-order chi connectivity index (χ0) is 93.8. The molecule has 6 aliphatic heterocycles. The van der Waals surface area contributed by atoms with Gasteiger partial charge in [0, 0.05) is 40.0 Å².